The molecule has 1 aromatic carbocycles. The highest BCUT2D eigenvalue weighted by Crippen LogP contribution is 2.28. The van der Waals surface area contributed by atoms with Crippen LogP contribution < -0.4 is 9.47 Å². The van der Waals surface area contributed by atoms with Crippen molar-refractivity contribution in [3.05, 3.63) is 23.8 Å². The Hall–Kier alpha value is -1.38. The van der Waals surface area contributed by atoms with E-state index in [2.05, 4.69) is 53.5 Å². The number of nitrogens with zero attached hydrogens (tertiary/aromatic N) is 4. The van der Waals surface area contributed by atoms with Gasteiger partial charge in [-0.05, 0) is 44.4 Å². The molecule has 0 aromatic heterocycles. The van der Waals surface area contributed by atoms with Gasteiger partial charge in [0.05, 0.1) is 7.11 Å². The predicted molar refractivity (Wildman–Crippen MR) is 127 cm³/mol. The minimum absolute atomic E-state index is 0.271. The van der Waals surface area contributed by atoms with Crippen molar-refractivity contribution in [1.82, 2.24) is 19.6 Å². The molecule has 7 heteroatoms. The molecule has 1 saturated heterocycles. The van der Waals surface area contributed by atoms with E-state index in [9.17, 15) is 5.11 Å². The Morgan fingerprint density at radius 2 is 1.68 bits per heavy atom. The van der Waals surface area contributed by atoms with Crippen LogP contribution >= 0.6 is 0 Å². The van der Waals surface area contributed by atoms with E-state index < -0.39 is 6.10 Å². The SMILES string of the molecule is CCN(CC)CCN(C)Cc1ccc(OC[C@@H](O)CN2CCN(CC)CC2)c(OC)c1. The highest BCUT2D eigenvalue weighted by atomic mass is 16.5. The van der Waals surface area contributed by atoms with Crippen LogP contribution in [0.3, 0.4) is 0 Å². The number of aliphatic hydroxyl groups excluding tert-OH is 1. The lowest BCUT2D eigenvalue weighted by Crippen LogP contribution is -2.49. The number of methoxy groups -OCH3 is 1. The van der Waals surface area contributed by atoms with Gasteiger partial charge in [-0.3, -0.25) is 4.90 Å². The quantitative estimate of drug-likeness (QED) is 0.478. The topological polar surface area (TPSA) is 51.7 Å². The molecule has 0 spiro atoms. The van der Waals surface area contributed by atoms with Gasteiger partial charge in [-0.2, -0.15) is 0 Å². The maximum Gasteiger partial charge on any atom is 0.161 e. The van der Waals surface area contributed by atoms with Crippen molar-refractivity contribution in [2.45, 2.75) is 33.4 Å². The van der Waals surface area contributed by atoms with Crippen LogP contribution in [0.4, 0.5) is 0 Å². The third-order valence-corrected chi connectivity index (χ3v) is 6.19. The molecule has 0 unspecified atom stereocenters. The molecule has 2 rings (SSSR count). The maximum atomic E-state index is 10.4. The standard InChI is InChI=1S/C24H44N4O3/c1-6-26(7-2)12-11-25(4)18-21-9-10-23(24(17-21)30-5)31-20-22(29)19-28-15-13-27(8-3)14-16-28/h9-10,17,22,29H,6-8,11-16,18-20H2,1-5H3/t22-/m0/s1. The number of β-amino-alcohol motifs (C(OH)–C–C–N with tert-alkyl or cyclic N) is 1. The first-order chi connectivity index (χ1) is 15.0. The van der Waals surface area contributed by atoms with E-state index in [4.69, 9.17) is 9.47 Å². The zero-order valence-corrected chi connectivity index (χ0v) is 20.3. The summed E-state index contributed by atoms with van der Waals surface area (Å²) in [4.78, 5) is 9.51. The molecule has 31 heavy (non-hydrogen) atoms. The molecular formula is C24H44N4O3. The third kappa shape index (κ3) is 8.94. The Kier molecular flexibility index (Phi) is 11.6. The first-order valence-corrected chi connectivity index (χ1v) is 11.8. The van der Waals surface area contributed by atoms with Crippen molar-refractivity contribution in [3.8, 4) is 11.5 Å². The summed E-state index contributed by atoms with van der Waals surface area (Å²) >= 11 is 0. The Balaban J connectivity index is 1.80. The molecule has 178 valence electrons. The second kappa shape index (κ2) is 13.9. The number of rotatable bonds is 14. The van der Waals surface area contributed by atoms with E-state index in [0.717, 1.165) is 71.2 Å². The second-order valence-electron chi connectivity index (χ2n) is 8.45. The highest BCUT2D eigenvalue weighted by Gasteiger charge is 2.19. The molecule has 1 fully saturated rings. The lowest BCUT2D eigenvalue weighted by molar-refractivity contribution is 0.0464. The average molecular weight is 437 g/mol. The summed E-state index contributed by atoms with van der Waals surface area (Å²) in [5.74, 6) is 1.41. The van der Waals surface area contributed by atoms with Crippen LogP contribution in [-0.2, 0) is 6.54 Å². The van der Waals surface area contributed by atoms with E-state index in [-0.39, 0.29) is 6.61 Å². The van der Waals surface area contributed by atoms with Crippen LogP contribution in [-0.4, -0.2) is 117 Å². The summed E-state index contributed by atoms with van der Waals surface area (Å²) in [7, 11) is 3.82. The number of aliphatic hydroxyl groups is 1. The normalized spacial score (nSPS) is 16.8. The number of likely N-dealkylation sites (N-methyl/N-ethyl adjacent to an activating group) is 3. The largest absolute Gasteiger partial charge is 0.493 e. The van der Waals surface area contributed by atoms with Crippen LogP contribution in [0.25, 0.3) is 0 Å². The number of ether oxygens (including phenoxy) is 2. The van der Waals surface area contributed by atoms with Crippen LogP contribution in [0.15, 0.2) is 18.2 Å². The fourth-order valence-electron chi connectivity index (χ4n) is 4.00. The van der Waals surface area contributed by atoms with Crippen molar-refractivity contribution < 1.29 is 14.6 Å². The molecule has 0 bridgehead atoms. The number of benzene rings is 1. The van der Waals surface area contributed by atoms with Gasteiger partial charge in [-0.25, -0.2) is 0 Å². The zero-order chi connectivity index (χ0) is 22.6. The van der Waals surface area contributed by atoms with Gasteiger partial charge in [-0.1, -0.05) is 26.8 Å². The molecule has 1 N–H and O–H groups in total. The van der Waals surface area contributed by atoms with E-state index in [1.54, 1.807) is 7.11 Å². The number of hydrogen-bond donors (Lipinski definition) is 1. The van der Waals surface area contributed by atoms with E-state index >= 15 is 0 Å². The van der Waals surface area contributed by atoms with Crippen molar-refractivity contribution in [1.29, 1.82) is 0 Å². The lowest BCUT2D eigenvalue weighted by Gasteiger charge is -2.34. The number of piperazine rings is 1. The Labute approximate surface area is 189 Å². The Morgan fingerprint density at radius 1 is 1.00 bits per heavy atom. The highest BCUT2D eigenvalue weighted by molar-refractivity contribution is 5.43. The fourth-order valence-corrected chi connectivity index (χ4v) is 4.00. The van der Waals surface area contributed by atoms with E-state index in [1.807, 2.05) is 12.1 Å². The molecule has 0 amide bonds. The van der Waals surface area contributed by atoms with Gasteiger partial charge >= 0.3 is 0 Å². The van der Waals surface area contributed by atoms with Gasteiger partial charge in [0.15, 0.2) is 11.5 Å². The lowest BCUT2D eigenvalue weighted by atomic mass is 10.2. The summed E-state index contributed by atoms with van der Waals surface area (Å²) in [6.45, 7) is 17.9. The Morgan fingerprint density at radius 3 is 2.29 bits per heavy atom. The van der Waals surface area contributed by atoms with Gasteiger partial charge < -0.3 is 29.3 Å². The van der Waals surface area contributed by atoms with Crippen molar-refractivity contribution >= 4 is 0 Å². The van der Waals surface area contributed by atoms with Crippen LogP contribution in [0, 0.1) is 0 Å². The summed E-state index contributed by atoms with van der Waals surface area (Å²) in [5, 5.41) is 10.4. The predicted octanol–water partition coefficient (Wildman–Crippen LogP) is 1.85. The average Bonchev–Trinajstić information content (AvgIpc) is 2.79. The smallest absolute Gasteiger partial charge is 0.161 e. The van der Waals surface area contributed by atoms with Gasteiger partial charge in [0.1, 0.15) is 12.7 Å². The molecule has 0 radical (unpaired) electrons. The van der Waals surface area contributed by atoms with Gasteiger partial charge in [0.25, 0.3) is 0 Å². The summed E-state index contributed by atoms with van der Waals surface area (Å²) in [5.41, 5.74) is 1.19. The fraction of sp³-hybridized carbons (Fsp3) is 0.750. The molecular weight excluding hydrogens is 392 g/mol. The van der Waals surface area contributed by atoms with Crippen LogP contribution in [0.2, 0.25) is 0 Å². The molecule has 0 aliphatic carbocycles. The first-order valence-electron chi connectivity index (χ1n) is 11.8. The van der Waals surface area contributed by atoms with Crippen LogP contribution in [0.5, 0.6) is 11.5 Å². The summed E-state index contributed by atoms with van der Waals surface area (Å²) in [6, 6.07) is 6.08. The minimum atomic E-state index is -0.510. The molecule has 1 aliphatic heterocycles. The molecule has 1 atom stereocenters. The van der Waals surface area contributed by atoms with Gasteiger partial charge in [0.2, 0.25) is 0 Å². The summed E-state index contributed by atoms with van der Waals surface area (Å²) in [6.07, 6.45) is -0.510. The zero-order valence-electron chi connectivity index (χ0n) is 20.3. The van der Waals surface area contributed by atoms with E-state index in [0.29, 0.717) is 12.3 Å². The second-order valence-corrected chi connectivity index (χ2v) is 8.45. The third-order valence-electron chi connectivity index (χ3n) is 6.19. The molecule has 7 nitrogen and oxygen atoms in total. The maximum absolute atomic E-state index is 10.4. The molecule has 1 aromatic rings. The molecule has 1 aliphatic rings. The summed E-state index contributed by atoms with van der Waals surface area (Å²) < 4.78 is 11.5. The monoisotopic (exact) mass is 436 g/mol. The van der Waals surface area contributed by atoms with Gasteiger partial charge in [-0.15, -0.1) is 0 Å². The van der Waals surface area contributed by atoms with Crippen molar-refractivity contribution in [3.63, 3.8) is 0 Å². The van der Waals surface area contributed by atoms with E-state index in [1.165, 1.54) is 5.56 Å². The number of hydrogen-bond acceptors (Lipinski definition) is 7. The first kappa shape index (κ1) is 25.9. The molecule has 0 saturated carbocycles. The Bertz CT molecular complexity index is 619. The molecule has 1 heterocycles. The van der Waals surface area contributed by atoms with Crippen molar-refractivity contribution in [2.75, 3.05) is 86.2 Å². The van der Waals surface area contributed by atoms with Crippen molar-refractivity contribution in [2.24, 2.45) is 0 Å². The van der Waals surface area contributed by atoms with Crippen LogP contribution in [0.1, 0.15) is 26.3 Å². The minimum Gasteiger partial charge on any atom is -0.493 e. The van der Waals surface area contributed by atoms with Gasteiger partial charge in [0, 0.05) is 52.4 Å².